The third kappa shape index (κ3) is 4.02. The number of halogens is 3. The lowest BCUT2D eigenvalue weighted by atomic mass is 9.77. The highest BCUT2D eigenvalue weighted by Gasteiger charge is 2.52. The highest BCUT2D eigenvalue weighted by atomic mass is 19.4. The van der Waals surface area contributed by atoms with Crippen molar-refractivity contribution in [2.75, 3.05) is 18.1 Å². The SMILES string of the molecule is CC1(C)OB(c2ccc3c(c2)N(CC(F)(F)F)C(=O)C2=CN(C4CCCCO4)NC23)OC1(C)C. The number of hydrogen-bond donors (Lipinski definition) is 1. The molecule has 0 spiro atoms. The molecular formula is C23H29BF3N3O4. The van der Waals surface area contributed by atoms with Gasteiger partial charge in [-0.25, -0.2) is 5.43 Å². The van der Waals surface area contributed by atoms with Crippen molar-refractivity contribution >= 4 is 24.2 Å². The largest absolute Gasteiger partial charge is 0.494 e. The molecule has 4 aliphatic rings. The van der Waals surface area contributed by atoms with Gasteiger partial charge >= 0.3 is 13.3 Å². The van der Waals surface area contributed by atoms with Crippen molar-refractivity contribution in [3.63, 3.8) is 0 Å². The van der Waals surface area contributed by atoms with Crippen LogP contribution in [0.25, 0.3) is 0 Å². The maximum Gasteiger partial charge on any atom is 0.494 e. The molecule has 7 nitrogen and oxygen atoms in total. The van der Waals surface area contributed by atoms with Gasteiger partial charge in [0.25, 0.3) is 5.91 Å². The summed E-state index contributed by atoms with van der Waals surface area (Å²) in [6, 6.07) is 4.58. The van der Waals surface area contributed by atoms with Crippen molar-refractivity contribution in [3.05, 3.63) is 35.5 Å². The lowest BCUT2D eigenvalue weighted by molar-refractivity contribution is -0.130. The standard InChI is InChI=1S/C23H29BF3N3O4/c1-21(2)22(3,4)34-24(33-21)14-8-9-15-17(11-14)29(13-23(25,26)27)20(31)16-12-30(28-19(15)16)18-7-5-6-10-32-18/h8-9,11-12,18-19,28H,5-7,10,13H2,1-4H3. The maximum atomic E-state index is 13.5. The summed E-state index contributed by atoms with van der Waals surface area (Å²) in [7, 11) is -0.751. The van der Waals surface area contributed by atoms with Gasteiger partial charge in [-0.1, -0.05) is 12.1 Å². The first kappa shape index (κ1) is 23.7. The van der Waals surface area contributed by atoms with Gasteiger partial charge in [-0.2, -0.15) is 13.2 Å². The van der Waals surface area contributed by atoms with E-state index in [-0.39, 0.29) is 17.5 Å². The van der Waals surface area contributed by atoms with Crippen molar-refractivity contribution in [1.29, 1.82) is 0 Å². The van der Waals surface area contributed by atoms with Crippen LogP contribution >= 0.6 is 0 Å². The molecule has 11 heteroatoms. The van der Waals surface area contributed by atoms with Gasteiger partial charge < -0.3 is 14.0 Å². The summed E-state index contributed by atoms with van der Waals surface area (Å²) in [5.74, 6) is -0.674. The number of nitrogens with one attached hydrogen (secondary N) is 1. The van der Waals surface area contributed by atoms with Crippen LogP contribution in [0.4, 0.5) is 18.9 Å². The summed E-state index contributed by atoms with van der Waals surface area (Å²) in [6.07, 6.45) is -0.497. The van der Waals surface area contributed by atoms with E-state index in [9.17, 15) is 18.0 Å². The van der Waals surface area contributed by atoms with Crippen molar-refractivity contribution < 1.29 is 32.0 Å². The second kappa shape index (κ2) is 7.98. The van der Waals surface area contributed by atoms with Gasteiger partial charge in [0.15, 0.2) is 0 Å². The molecule has 0 saturated carbocycles. The van der Waals surface area contributed by atoms with Crippen LogP contribution in [0.1, 0.15) is 58.6 Å². The minimum atomic E-state index is -4.56. The monoisotopic (exact) mass is 479 g/mol. The molecule has 2 saturated heterocycles. The lowest BCUT2D eigenvalue weighted by Gasteiger charge is -2.35. The fourth-order valence-corrected chi connectivity index (χ4v) is 4.77. The minimum absolute atomic E-state index is 0.204. The van der Waals surface area contributed by atoms with Gasteiger partial charge in [0.2, 0.25) is 0 Å². The van der Waals surface area contributed by atoms with E-state index in [1.807, 2.05) is 27.7 Å². The average molecular weight is 479 g/mol. The van der Waals surface area contributed by atoms with Gasteiger partial charge in [0.05, 0.1) is 22.8 Å². The molecule has 1 N–H and O–H groups in total. The van der Waals surface area contributed by atoms with Crippen LogP contribution < -0.4 is 15.8 Å². The summed E-state index contributed by atoms with van der Waals surface area (Å²) >= 11 is 0. The third-order valence-corrected chi connectivity index (χ3v) is 7.34. The fourth-order valence-electron chi connectivity index (χ4n) is 4.77. The Labute approximate surface area is 197 Å². The van der Waals surface area contributed by atoms with Gasteiger partial charge in [0.1, 0.15) is 12.8 Å². The fraction of sp³-hybridized carbons (Fsp3) is 0.609. The van der Waals surface area contributed by atoms with E-state index in [2.05, 4.69) is 5.43 Å². The number of fused-ring (bicyclic) bond motifs is 3. The molecule has 1 amide bonds. The molecule has 1 aromatic carbocycles. The number of alkyl halides is 3. The van der Waals surface area contributed by atoms with Crippen molar-refractivity contribution in [2.24, 2.45) is 0 Å². The molecule has 1 aromatic rings. The number of hydrogen-bond acceptors (Lipinski definition) is 6. The topological polar surface area (TPSA) is 63.3 Å². The van der Waals surface area contributed by atoms with Crippen LogP contribution in [0, 0.1) is 0 Å². The second-order valence-electron chi connectivity index (χ2n) is 10.3. The predicted octanol–water partition coefficient (Wildman–Crippen LogP) is 3.17. The summed E-state index contributed by atoms with van der Waals surface area (Å²) in [5, 5.41) is 1.72. The zero-order valence-electron chi connectivity index (χ0n) is 19.7. The molecule has 2 fully saturated rings. The predicted molar refractivity (Wildman–Crippen MR) is 120 cm³/mol. The lowest BCUT2D eigenvalue weighted by Crippen LogP contribution is -2.47. The van der Waals surface area contributed by atoms with E-state index in [1.165, 1.54) is 0 Å². The molecule has 0 bridgehead atoms. The third-order valence-electron chi connectivity index (χ3n) is 7.34. The van der Waals surface area contributed by atoms with Gasteiger partial charge in [-0.3, -0.25) is 14.7 Å². The number of anilines is 1. The number of carbonyl (C=O) groups excluding carboxylic acids is 1. The van der Waals surface area contributed by atoms with E-state index < -0.39 is 43.0 Å². The Hall–Kier alpha value is -2.08. The minimum Gasteiger partial charge on any atom is -0.399 e. The number of rotatable bonds is 3. The van der Waals surface area contributed by atoms with Crippen molar-refractivity contribution in [2.45, 2.75) is 76.6 Å². The van der Waals surface area contributed by atoms with Gasteiger partial charge in [-0.15, -0.1) is 0 Å². The Morgan fingerprint density at radius 2 is 1.85 bits per heavy atom. The van der Waals surface area contributed by atoms with Crippen LogP contribution in [0.2, 0.25) is 0 Å². The maximum absolute atomic E-state index is 13.5. The highest BCUT2D eigenvalue weighted by molar-refractivity contribution is 6.62. The van der Waals surface area contributed by atoms with E-state index >= 15 is 0 Å². The van der Waals surface area contributed by atoms with E-state index in [0.717, 1.165) is 24.2 Å². The number of amides is 1. The van der Waals surface area contributed by atoms with Crippen molar-refractivity contribution in [3.8, 4) is 0 Å². The second-order valence-corrected chi connectivity index (χ2v) is 10.3. The number of ether oxygens (including phenoxy) is 1. The molecule has 5 rings (SSSR count). The van der Waals surface area contributed by atoms with Crippen LogP contribution in [-0.4, -0.2) is 54.8 Å². The zero-order chi connectivity index (χ0) is 24.5. The average Bonchev–Trinajstić information content (AvgIpc) is 3.29. The summed E-state index contributed by atoms with van der Waals surface area (Å²) < 4.78 is 58.5. The molecular weight excluding hydrogens is 450 g/mol. The molecule has 34 heavy (non-hydrogen) atoms. The van der Waals surface area contributed by atoms with Gasteiger partial charge in [-0.05, 0) is 64.1 Å². The highest BCUT2D eigenvalue weighted by Crippen LogP contribution is 2.43. The Kier molecular flexibility index (Phi) is 5.55. The van der Waals surface area contributed by atoms with Crippen LogP contribution in [0.15, 0.2) is 30.0 Å². The Bertz CT molecular complexity index is 1010. The Morgan fingerprint density at radius 3 is 2.47 bits per heavy atom. The summed E-state index contributed by atoms with van der Waals surface area (Å²) in [4.78, 5) is 14.1. The number of hydrazine groups is 1. The van der Waals surface area contributed by atoms with E-state index in [0.29, 0.717) is 17.6 Å². The molecule has 184 valence electrons. The van der Waals surface area contributed by atoms with Crippen LogP contribution in [0.5, 0.6) is 0 Å². The van der Waals surface area contributed by atoms with E-state index in [1.54, 1.807) is 29.4 Å². The molecule has 4 heterocycles. The number of nitrogens with zero attached hydrogens (tertiary/aromatic N) is 2. The quantitative estimate of drug-likeness (QED) is 0.673. The smallest absolute Gasteiger partial charge is 0.399 e. The van der Waals surface area contributed by atoms with Crippen LogP contribution in [0.3, 0.4) is 0 Å². The molecule has 0 aliphatic carbocycles. The first-order valence-electron chi connectivity index (χ1n) is 11.6. The normalized spacial score (nSPS) is 28.1. The number of benzene rings is 1. The Balaban J connectivity index is 1.51. The molecule has 4 aliphatic heterocycles. The zero-order valence-corrected chi connectivity index (χ0v) is 19.7. The van der Waals surface area contributed by atoms with Crippen LogP contribution in [-0.2, 0) is 18.8 Å². The molecule has 0 aromatic heterocycles. The van der Waals surface area contributed by atoms with Crippen molar-refractivity contribution in [1.82, 2.24) is 10.4 Å². The molecule has 2 unspecified atom stereocenters. The molecule has 2 atom stereocenters. The molecule has 0 radical (unpaired) electrons. The van der Waals surface area contributed by atoms with E-state index in [4.69, 9.17) is 14.0 Å². The van der Waals surface area contributed by atoms with Gasteiger partial charge in [0, 0.05) is 18.5 Å². The Morgan fingerprint density at radius 1 is 1.15 bits per heavy atom. The first-order chi connectivity index (χ1) is 15.9. The summed E-state index contributed by atoms with van der Waals surface area (Å²) in [5.41, 5.74) is 3.71. The number of carbonyl (C=O) groups is 1. The first-order valence-corrected chi connectivity index (χ1v) is 11.6. The summed E-state index contributed by atoms with van der Waals surface area (Å²) in [6.45, 7) is 6.87.